The summed E-state index contributed by atoms with van der Waals surface area (Å²) in [7, 11) is 0. The summed E-state index contributed by atoms with van der Waals surface area (Å²) >= 11 is 0. The summed E-state index contributed by atoms with van der Waals surface area (Å²) in [5.74, 6) is 0.659. The quantitative estimate of drug-likeness (QED) is 0.303. The summed E-state index contributed by atoms with van der Waals surface area (Å²) < 4.78 is 18.3. The summed E-state index contributed by atoms with van der Waals surface area (Å²) in [4.78, 5) is 0. The Labute approximate surface area is 220 Å². The summed E-state index contributed by atoms with van der Waals surface area (Å²) in [5, 5.41) is 23.2. The number of nitrogens with zero attached hydrogens (tertiary/aromatic N) is 5. The van der Waals surface area contributed by atoms with Gasteiger partial charge in [0.25, 0.3) is 0 Å². The van der Waals surface area contributed by atoms with Crippen LogP contribution in [0, 0.1) is 23.1 Å². The van der Waals surface area contributed by atoms with Gasteiger partial charge in [-0.15, -0.1) is 5.10 Å². The fourth-order valence-electron chi connectivity index (χ4n) is 5.26. The van der Waals surface area contributed by atoms with Crippen molar-refractivity contribution in [2.75, 3.05) is 11.9 Å². The van der Waals surface area contributed by atoms with Crippen LogP contribution in [0.25, 0.3) is 33.5 Å². The summed E-state index contributed by atoms with van der Waals surface area (Å²) in [6.07, 6.45) is 6.38. The fourth-order valence-corrected chi connectivity index (χ4v) is 5.26. The normalized spacial score (nSPS) is 17.4. The number of aromatic nitrogens is 4. The number of halogens is 1. The van der Waals surface area contributed by atoms with E-state index >= 15 is 0 Å². The summed E-state index contributed by atoms with van der Waals surface area (Å²) in [6.45, 7) is 0.786. The minimum atomic E-state index is -0.553. The molecule has 1 saturated carbocycles. The van der Waals surface area contributed by atoms with E-state index < -0.39 is 5.82 Å². The number of anilines is 1. The lowest BCUT2D eigenvalue weighted by atomic mass is 9.86. The molecule has 8 heteroatoms. The Bertz CT molecular complexity index is 1630. The SMILES string of the molecule is N#Cc1ccc(-c2cc(NC[C@H]3CCC[C@H](N)C3)nn2-c2ccc3nn(-c4ccccc4)cc3c2)cc1F. The van der Waals surface area contributed by atoms with E-state index in [0.717, 1.165) is 60.2 Å². The van der Waals surface area contributed by atoms with Crippen LogP contribution >= 0.6 is 0 Å². The Morgan fingerprint density at radius 3 is 2.66 bits per heavy atom. The van der Waals surface area contributed by atoms with Crippen LogP contribution in [-0.4, -0.2) is 32.1 Å². The van der Waals surface area contributed by atoms with Crippen LogP contribution in [0.1, 0.15) is 31.2 Å². The Morgan fingerprint density at radius 2 is 1.87 bits per heavy atom. The highest BCUT2D eigenvalue weighted by atomic mass is 19.1. The molecule has 6 rings (SSSR count). The molecule has 0 spiro atoms. The number of nitriles is 1. The molecule has 38 heavy (non-hydrogen) atoms. The van der Waals surface area contributed by atoms with Gasteiger partial charge in [-0.2, -0.15) is 10.4 Å². The van der Waals surface area contributed by atoms with Gasteiger partial charge >= 0.3 is 0 Å². The molecular formula is C30H28FN7. The lowest BCUT2D eigenvalue weighted by Gasteiger charge is -2.26. The van der Waals surface area contributed by atoms with Gasteiger partial charge in [0.2, 0.25) is 0 Å². The van der Waals surface area contributed by atoms with E-state index in [1.165, 1.54) is 12.1 Å². The van der Waals surface area contributed by atoms with E-state index in [1.807, 2.05) is 76.2 Å². The van der Waals surface area contributed by atoms with Crippen LogP contribution in [0.5, 0.6) is 0 Å². The first-order valence-electron chi connectivity index (χ1n) is 12.9. The van der Waals surface area contributed by atoms with Crippen molar-refractivity contribution in [3.8, 4) is 28.7 Å². The Hall–Kier alpha value is -4.48. The molecule has 5 aromatic rings. The number of hydrogen-bond acceptors (Lipinski definition) is 5. The zero-order valence-electron chi connectivity index (χ0n) is 20.9. The average Bonchev–Trinajstić information content (AvgIpc) is 3.57. The highest BCUT2D eigenvalue weighted by molar-refractivity contribution is 5.81. The summed E-state index contributed by atoms with van der Waals surface area (Å²) in [6, 6.07) is 24.6. The van der Waals surface area contributed by atoms with Crippen LogP contribution in [0.2, 0.25) is 0 Å². The van der Waals surface area contributed by atoms with Crippen molar-refractivity contribution in [3.63, 3.8) is 0 Å². The van der Waals surface area contributed by atoms with E-state index in [0.29, 0.717) is 17.3 Å². The molecule has 0 unspecified atom stereocenters. The van der Waals surface area contributed by atoms with E-state index in [4.69, 9.17) is 15.9 Å². The van der Waals surface area contributed by atoms with Crippen molar-refractivity contribution in [1.82, 2.24) is 19.6 Å². The minimum absolute atomic E-state index is 0.0153. The predicted octanol–water partition coefficient (Wildman–Crippen LogP) is 5.82. The number of nitrogens with two attached hydrogens (primary N) is 1. The summed E-state index contributed by atoms with van der Waals surface area (Å²) in [5.41, 5.74) is 10.2. The van der Waals surface area contributed by atoms with Gasteiger partial charge in [0.15, 0.2) is 0 Å². The van der Waals surface area contributed by atoms with Gasteiger partial charge in [0.1, 0.15) is 17.7 Å². The van der Waals surface area contributed by atoms with E-state index in [-0.39, 0.29) is 11.6 Å². The van der Waals surface area contributed by atoms with Crippen molar-refractivity contribution in [2.45, 2.75) is 31.7 Å². The van der Waals surface area contributed by atoms with Crippen LogP contribution in [0.15, 0.2) is 79.0 Å². The van der Waals surface area contributed by atoms with Gasteiger partial charge in [-0.3, -0.25) is 0 Å². The molecular weight excluding hydrogens is 477 g/mol. The lowest BCUT2D eigenvalue weighted by Crippen LogP contribution is -2.31. The molecule has 2 aromatic heterocycles. The fraction of sp³-hybridized carbons (Fsp3) is 0.233. The third-order valence-electron chi connectivity index (χ3n) is 7.24. The van der Waals surface area contributed by atoms with Crippen molar-refractivity contribution in [3.05, 3.63) is 90.4 Å². The second kappa shape index (κ2) is 10.1. The van der Waals surface area contributed by atoms with Gasteiger partial charge in [-0.25, -0.2) is 13.8 Å². The third kappa shape index (κ3) is 4.76. The van der Waals surface area contributed by atoms with E-state index in [2.05, 4.69) is 5.32 Å². The van der Waals surface area contributed by atoms with Gasteiger partial charge in [0.05, 0.1) is 28.1 Å². The predicted molar refractivity (Wildman–Crippen MR) is 147 cm³/mol. The molecule has 1 fully saturated rings. The Balaban J connectivity index is 1.37. The zero-order valence-corrected chi connectivity index (χ0v) is 20.9. The number of rotatable bonds is 6. The van der Waals surface area contributed by atoms with Crippen molar-refractivity contribution < 1.29 is 4.39 Å². The molecule has 190 valence electrons. The maximum Gasteiger partial charge on any atom is 0.149 e. The second-order valence-electron chi connectivity index (χ2n) is 9.96. The first kappa shape index (κ1) is 23.9. The second-order valence-corrected chi connectivity index (χ2v) is 9.96. The topological polar surface area (TPSA) is 97.5 Å². The molecule has 2 heterocycles. The molecule has 0 radical (unpaired) electrons. The zero-order chi connectivity index (χ0) is 26.1. The van der Waals surface area contributed by atoms with Gasteiger partial charge in [0, 0.05) is 35.8 Å². The number of benzene rings is 3. The van der Waals surface area contributed by atoms with Gasteiger partial charge in [-0.1, -0.05) is 30.7 Å². The largest absolute Gasteiger partial charge is 0.368 e. The number of nitrogens with one attached hydrogen (secondary N) is 1. The Morgan fingerprint density at radius 1 is 1.00 bits per heavy atom. The Kier molecular flexibility index (Phi) is 6.36. The molecule has 7 nitrogen and oxygen atoms in total. The molecule has 1 aliphatic rings. The molecule has 0 amide bonds. The third-order valence-corrected chi connectivity index (χ3v) is 7.24. The van der Waals surface area contributed by atoms with Crippen molar-refractivity contribution >= 4 is 16.7 Å². The first-order valence-corrected chi connectivity index (χ1v) is 12.9. The smallest absolute Gasteiger partial charge is 0.149 e. The van der Waals surface area contributed by atoms with Crippen LogP contribution in [-0.2, 0) is 0 Å². The molecule has 2 atom stereocenters. The molecule has 0 saturated heterocycles. The standard InChI is InChI=1S/C30H28FN7/c31-27-15-21(9-10-22(27)17-32)29-16-30(34-18-20-5-4-6-24(33)13-20)36-38(29)26-11-12-28-23(14-26)19-37(35-28)25-7-2-1-3-8-25/h1-3,7-12,14-16,19-20,24H,4-6,13,18,33H2,(H,34,36)/t20-,24-/m0/s1. The lowest BCUT2D eigenvalue weighted by molar-refractivity contribution is 0.335. The minimum Gasteiger partial charge on any atom is -0.368 e. The van der Waals surface area contributed by atoms with Crippen molar-refractivity contribution in [1.29, 1.82) is 5.26 Å². The van der Waals surface area contributed by atoms with Gasteiger partial charge < -0.3 is 11.1 Å². The molecule has 1 aliphatic carbocycles. The monoisotopic (exact) mass is 505 g/mol. The van der Waals surface area contributed by atoms with Crippen LogP contribution in [0.4, 0.5) is 10.2 Å². The molecule has 0 aliphatic heterocycles. The first-order chi connectivity index (χ1) is 18.6. The molecule has 3 aromatic carbocycles. The van der Waals surface area contributed by atoms with Gasteiger partial charge in [-0.05, 0) is 67.6 Å². The average molecular weight is 506 g/mol. The maximum absolute atomic E-state index is 14.6. The highest BCUT2D eigenvalue weighted by Gasteiger charge is 2.20. The van der Waals surface area contributed by atoms with E-state index in [1.54, 1.807) is 6.07 Å². The van der Waals surface area contributed by atoms with E-state index in [9.17, 15) is 9.65 Å². The van der Waals surface area contributed by atoms with Crippen LogP contribution in [0.3, 0.4) is 0 Å². The highest BCUT2D eigenvalue weighted by Crippen LogP contribution is 2.30. The number of hydrogen-bond donors (Lipinski definition) is 2. The molecule has 3 N–H and O–H groups in total. The van der Waals surface area contributed by atoms with Crippen molar-refractivity contribution in [2.24, 2.45) is 11.7 Å². The van der Waals surface area contributed by atoms with Crippen LogP contribution < -0.4 is 11.1 Å². The maximum atomic E-state index is 14.6. The molecule has 0 bridgehead atoms. The number of para-hydroxylation sites is 1. The number of fused-ring (bicyclic) bond motifs is 1.